The van der Waals surface area contributed by atoms with Crippen molar-refractivity contribution < 1.29 is 4.74 Å². The van der Waals surface area contributed by atoms with Crippen molar-refractivity contribution in [2.75, 3.05) is 7.11 Å². The lowest BCUT2D eigenvalue weighted by Crippen LogP contribution is -2.24. The van der Waals surface area contributed by atoms with Gasteiger partial charge in [-0.25, -0.2) is 4.98 Å². The minimum atomic E-state index is 0.415. The van der Waals surface area contributed by atoms with E-state index in [1.165, 1.54) is 12.8 Å². The zero-order valence-corrected chi connectivity index (χ0v) is 13.7. The Morgan fingerprint density at radius 3 is 2.62 bits per heavy atom. The smallest absolute Gasteiger partial charge is 0.215 e. The second-order valence-corrected chi connectivity index (χ2v) is 6.89. The van der Waals surface area contributed by atoms with E-state index in [9.17, 15) is 0 Å². The van der Waals surface area contributed by atoms with E-state index in [0.717, 1.165) is 29.8 Å². The Morgan fingerprint density at radius 1 is 1.29 bits per heavy atom. The molecule has 2 aromatic heterocycles. The summed E-state index contributed by atoms with van der Waals surface area (Å²) in [6.07, 6.45) is 4.76. The topological polar surface area (TPSA) is 39.9 Å². The summed E-state index contributed by atoms with van der Waals surface area (Å²) in [4.78, 5) is 9.22. The molecule has 0 amide bonds. The molecular weight excluding hydrogens is 286 g/mol. The molecule has 0 saturated heterocycles. The summed E-state index contributed by atoms with van der Waals surface area (Å²) in [6.45, 7) is 4.69. The summed E-state index contributed by atoms with van der Waals surface area (Å²) < 4.78 is 7.49. The number of halogens is 1. The third kappa shape index (κ3) is 2.73. The molecule has 0 atom stereocenters. The quantitative estimate of drug-likeness (QED) is 0.793. The predicted molar refractivity (Wildman–Crippen MR) is 84.9 cm³/mol. The highest BCUT2D eigenvalue weighted by atomic mass is 35.5. The minimum Gasteiger partial charge on any atom is -0.481 e. The maximum absolute atomic E-state index is 6.11. The molecule has 5 heteroatoms. The number of hydrogen-bond donors (Lipinski definition) is 0. The fourth-order valence-corrected chi connectivity index (χ4v) is 3.43. The SMILES string of the molecule is COc1ccc2nc(CCl)n(C3CCC(C)(C)CC3)c2n1. The second kappa shape index (κ2) is 5.48. The zero-order chi connectivity index (χ0) is 15.0. The van der Waals surface area contributed by atoms with Crippen LogP contribution in [-0.2, 0) is 5.88 Å². The van der Waals surface area contributed by atoms with Crippen LogP contribution in [0.2, 0.25) is 0 Å². The van der Waals surface area contributed by atoms with Crippen LogP contribution in [0, 0.1) is 5.41 Å². The van der Waals surface area contributed by atoms with Gasteiger partial charge in [-0.2, -0.15) is 4.98 Å². The van der Waals surface area contributed by atoms with Gasteiger partial charge in [0.05, 0.1) is 13.0 Å². The van der Waals surface area contributed by atoms with Gasteiger partial charge in [0, 0.05) is 12.1 Å². The highest BCUT2D eigenvalue weighted by Crippen LogP contribution is 2.41. The molecule has 1 saturated carbocycles. The van der Waals surface area contributed by atoms with Crippen LogP contribution in [0.4, 0.5) is 0 Å². The molecule has 0 spiro atoms. The Balaban J connectivity index is 2.03. The van der Waals surface area contributed by atoms with E-state index in [0.29, 0.717) is 23.2 Å². The van der Waals surface area contributed by atoms with E-state index < -0.39 is 0 Å². The van der Waals surface area contributed by atoms with E-state index in [1.54, 1.807) is 7.11 Å². The van der Waals surface area contributed by atoms with Crippen LogP contribution in [0.25, 0.3) is 11.2 Å². The first-order valence-electron chi connectivity index (χ1n) is 7.52. The van der Waals surface area contributed by atoms with Gasteiger partial charge in [0.1, 0.15) is 11.3 Å². The molecule has 114 valence electrons. The van der Waals surface area contributed by atoms with Gasteiger partial charge in [0.15, 0.2) is 5.65 Å². The van der Waals surface area contributed by atoms with E-state index in [2.05, 4.69) is 28.4 Å². The Labute approximate surface area is 130 Å². The fraction of sp³-hybridized carbons (Fsp3) is 0.625. The molecule has 0 radical (unpaired) electrons. The van der Waals surface area contributed by atoms with Gasteiger partial charge < -0.3 is 9.30 Å². The third-order valence-electron chi connectivity index (χ3n) is 4.59. The van der Waals surface area contributed by atoms with E-state index in [1.807, 2.05) is 12.1 Å². The summed E-state index contributed by atoms with van der Waals surface area (Å²) in [5.74, 6) is 1.96. The van der Waals surface area contributed by atoms with Crippen LogP contribution >= 0.6 is 11.6 Å². The lowest BCUT2D eigenvalue weighted by molar-refractivity contribution is 0.194. The monoisotopic (exact) mass is 307 g/mol. The van der Waals surface area contributed by atoms with Crippen molar-refractivity contribution in [3.8, 4) is 5.88 Å². The van der Waals surface area contributed by atoms with Gasteiger partial charge in [-0.3, -0.25) is 0 Å². The van der Waals surface area contributed by atoms with Crippen LogP contribution in [-0.4, -0.2) is 21.6 Å². The van der Waals surface area contributed by atoms with Crippen LogP contribution in [0.15, 0.2) is 12.1 Å². The van der Waals surface area contributed by atoms with Crippen LogP contribution < -0.4 is 4.74 Å². The van der Waals surface area contributed by atoms with Crippen molar-refractivity contribution >= 4 is 22.8 Å². The lowest BCUT2D eigenvalue weighted by atomic mass is 9.75. The third-order valence-corrected chi connectivity index (χ3v) is 4.83. The fourth-order valence-electron chi connectivity index (χ4n) is 3.24. The molecular formula is C16H22ClN3O. The number of alkyl halides is 1. The van der Waals surface area contributed by atoms with Gasteiger partial charge in [-0.1, -0.05) is 13.8 Å². The van der Waals surface area contributed by atoms with Crippen molar-refractivity contribution in [2.45, 2.75) is 51.5 Å². The number of ether oxygens (including phenoxy) is 1. The molecule has 3 rings (SSSR count). The molecule has 0 aromatic carbocycles. The summed E-state index contributed by atoms with van der Waals surface area (Å²) in [6, 6.07) is 4.25. The van der Waals surface area contributed by atoms with Crippen molar-refractivity contribution in [3.05, 3.63) is 18.0 Å². The highest BCUT2D eigenvalue weighted by molar-refractivity contribution is 6.16. The molecule has 0 unspecified atom stereocenters. The molecule has 21 heavy (non-hydrogen) atoms. The molecule has 2 aromatic rings. The summed E-state index contributed by atoms with van der Waals surface area (Å²) in [7, 11) is 1.64. The number of hydrogen-bond acceptors (Lipinski definition) is 3. The molecule has 0 N–H and O–H groups in total. The zero-order valence-electron chi connectivity index (χ0n) is 12.9. The first-order valence-corrected chi connectivity index (χ1v) is 8.05. The number of pyridine rings is 1. The number of fused-ring (bicyclic) bond motifs is 1. The lowest BCUT2D eigenvalue weighted by Gasteiger charge is -2.35. The first kappa shape index (κ1) is 14.6. The van der Waals surface area contributed by atoms with Crippen LogP contribution in [0.1, 0.15) is 51.4 Å². The standard InChI is InChI=1S/C16H22ClN3O/c1-16(2)8-6-11(7-9-16)20-13(10-17)18-12-4-5-14(21-3)19-15(12)20/h4-5,11H,6-10H2,1-3H3. The number of rotatable bonds is 3. The predicted octanol–water partition coefficient (Wildman–Crippen LogP) is 4.32. The van der Waals surface area contributed by atoms with Crippen molar-refractivity contribution in [1.82, 2.24) is 14.5 Å². The second-order valence-electron chi connectivity index (χ2n) is 6.62. The van der Waals surface area contributed by atoms with Crippen molar-refractivity contribution in [1.29, 1.82) is 0 Å². The molecule has 2 heterocycles. The largest absolute Gasteiger partial charge is 0.481 e. The van der Waals surface area contributed by atoms with Gasteiger partial charge in [0.25, 0.3) is 0 Å². The van der Waals surface area contributed by atoms with Crippen LogP contribution in [0.5, 0.6) is 5.88 Å². The van der Waals surface area contributed by atoms with Crippen molar-refractivity contribution in [3.63, 3.8) is 0 Å². The Hall–Kier alpha value is -1.29. The maximum atomic E-state index is 6.11. The molecule has 0 aliphatic heterocycles. The maximum Gasteiger partial charge on any atom is 0.215 e. The normalized spacial score (nSPS) is 19.0. The number of methoxy groups -OCH3 is 1. The van der Waals surface area contributed by atoms with E-state index in [4.69, 9.17) is 16.3 Å². The first-order chi connectivity index (χ1) is 10.0. The molecule has 1 aliphatic rings. The van der Waals surface area contributed by atoms with E-state index >= 15 is 0 Å². The molecule has 4 nitrogen and oxygen atoms in total. The van der Waals surface area contributed by atoms with Gasteiger partial charge in [-0.15, -0.1) is 11.6 Å². The number of aromatic nitrogens is 3. The average Bonchev–Trinajstić information content (AvgIpc) is 2.85. The van der Waals surface area contributed by atoms with Gasteiger partial charge in [0.2, 0.25) is 5.88 Å². The van der Waals surface area contributed by atoms with Gasteiger partial charge >= 0.3 is 0 Å². The molecule has 1 aliphatic carbocycles. The van der Waals surface area contributed by atoms with Crippen molar-refractivity contribution in [2.24, 2.45) is 5.41 Å². The van der Waals surface area contributed by atoms with E-state index in [-0.39, 0.29) is 0 Å². The Morgan fingerprint density at radius 2 is 2.00 bits per heavy atom. The number of nitrogens with zero attached hydrogens (tertiary/aromatic N) is 3. The molecule has 0 bridgehead atoms. The summed E-state index contributed by atoms with van der Waals surface area (Å²) in [5, 5.41) is 0. The number of imidazole rings is 1. The summed E-state index contributed by atoms with van der Waals surface area (Å²) in [5.41, 5.74) is 2.24. The minimum absolute atomic E-state index is 0.415. The Bertz CT molecular complexity index is 640. The molecule has 1 fully saturated rings. The summed E-state index contributed by atoms with van der Waals surface area (Å²) >= 11 is 6.11. The average molecular weight is 308 g/mol. The van der Waals surface area contributed by atoms with Crippen LogP contribution in [0.3, 0.4) is 0 Å². The Kier molecular flexibility index (Phi) is 3.82. The highest BCUT2D eigenvalue weighted by Gasteiger charge is 2.30. The van der Waals surface area contributed by atoms with Gasteiger partial charge in [-0.05, 0) is 37.2 Å².